The second-order valence-corrected chi connectivity index (χ2v) is 7.00. The lowest BCUT2D eigenvalue weighted by molar-refractivity contribution is -0.114. The number of nitrogens with one attached hydrogen (secondary N) is 2. The zero-order valence-corrected chi connectivity index (χ0v) is 16.9. The maximum absolute atomic E-state index is 12.1. The quantitative estimate of drug-likeness (QED) is 0.444. The molecule has 3 rings (SSSR count). The van der Waals surface area contributed by atoms with Gasteiger partial charge in [0.15, 0.2) is 0 Å². The van der Waals surface area contributed by atoms with Crippen LogP contribution in [0.2, 0.25) is 0 Å². The van der Waals surface area contributed by atoms with E-state index in [0.717, 1.165) is 15.6 Å². The molecular weight excluding hydrogens is 422 g/mol. The number of hydrazone groups is 1. The Bertz CT molecular complexity index is 1040. The predicted octanol–water partition coefficient (Wildman–Crippen LogP) is 4.74. The summed E-state index contributed by atoms with van der Waals surface area (Å²) in [6.07, 6.45) is 1.44. The van der Waals surface area contributed by atoms with Gasteiger partial charge in [-0.1, -0.05) is 22.0 Å². The summed E-state index contributed by atoms with van der Waals surface area (Å²) in [6.45, 7) is 3.44. The van der Waals surface area contributed by atoms with Gasteiger partial charge in [0.2, 0.25) is 5.91 Å². The second kappa shape index (κ2) is 8.67. The Balaban J connectivity index is 1.62. The first-order chi connectivity index (χ1) is 13.4. The summed E-state index contributed by atoms with van der Waals surface area (Å²) in [5.74, 6) is 0.688. The lowest BCUT2D eigenvalue weighted by atomic mass is 10.1. The van der Waals surface area contributed by atoms with Crippen LogP contribution >= 0.6 is 15.9 Å². The van der Waals surface area contributed by atoms with Gasteiger partial charge in [-0.25, -0.2) is 5.43 Å². The summed E-state index contributed by atoms with van der Waals surface area (Å²) in [7, 11) is 0. The van der Waals surface area contributed by atoms with Crippen LogP contribution in [0.3, 0.4) is 0 Å². The fraction of sp³-hybridized carbons (Fsp3) is 0.0952. The second-order valence-electron chi connectivity index (χ2n) is 6.14. The molecule has 7 heteroatoms. The van der Waals surface area contributed by atoms with Crippen LogP contribution < -0.4 is 10.7 Å². The van der Waals surface area contributed by atoms with E-state index in [9.17, 15) is 9.59 Å². The zero-order chi connectivity index (χ0) is 20.1. The summed E-state index contributed by atoms with van der Waals surface area (Å²) >= 11 is 3.53. The van der Waals surface area contributed by atoms with E-state index in [4.69, 9.17) is 4.42 Å². The van der Waals surface area contributed by atoms with Gasteiger partial charge < -0.3 is 9.73 Å². The number of carbonyl (C=O) groups is 2. The molecule has 28 heavy (non-hydrogen) atoms. The minimum Gasteiger partial charge on any atom is -0.455 e. The highest BCUT2D eigenvalue weighted by Crippen LogP contribution is 2.30. The number of hydrogen-bond acceptors (Lipinski definition) is 4. The molecule has 6 nitrogen and oxygen atoms in total. The number of halogens is 1. The average Bonchev–Trinajstić information content (AvgIpc) is 3.10. The number of nitrogens with zero attached hydrogens (tertiary/aromatic N) is 1. The Labute approximate surface area is 170 Å². The topological polar surface area (TPSA) is 83.7 Å². The van der Waals surface area contributed by atoms with Crippen LogP contribution in [0.5, 0.6) is 0 Å². The molecule has 0 spiro atoms. The first-order valence-corrected chi connectivity index (χ1v) is 9.29. The largest absolute Gasteiger partial charge is 0.455 e. The predicted molar refractivity (Wildman–Crippen MR) is 112 cm³/mol. The molecule has 0 atom stereocenters. The fourth-order valence-corrected chi connectivity index (χ4v) is 3.20. The van der Waals surface area contributed by atoms with Crippen LogP contribution in [0.4, 0.5) is 5.69 Å². The molecule has 1 aromatic heterocycles. The standard InChI is InChI=1S/C21H18BrN3O3/c1-13-3-9-18(19(22)11-13)20-10-8-17(28-20)12-23-25-21(27)15-4-6-16(7-5-15)24-14(2)26/h3-12H,1-2H3,(H,24,26)(H,25,27). The lowest BCUT2D eigenvalue weighted by Gasteiger charge is -2.03. The van der Waals surface area contributed by atoms with Crippen molar-refractivity contribution in [2.75, 3.05) is 5.32 Å². The molecule has 142 valence electrons. The van der Waals surface area contributed by atoms with E-state index >= 15 is 0 Å². The highest BCUT2D eigenvalue weighted by Gasteiger charge is 2.08. The molecule has 0 saturated heterocycles. The van der Waals surface area contributed by atoms with Crippen molar-refractivity contribution < 1.29 is 14.0 Å². The molecule has 3 aromatic rings. The van der Waals surface area contributed by atoms with Crippen molar-refractivity contribution in [3.05, 3.63) is 76.0 Å². The highest BCUT2D eigenvalue weighted by molar-refractivity contribution is 9.10. The van der Waals surface area contributed by atoms with Crippen molar-refractivity contribution >= 4 is 39.6 Å². The maximum atomic E-state index is 12.1. The summed E-state index contributed by atoms with van der Waals surface area (Å²) in [5, 5.41) is 6.57. The Morgan fingerprint density at radius 2 is 1.82 bits per heavy atom. The first-order valence-electron chi connectivity index (χ1n) is 8.50. The van der Waals surface area contributed by atoms with Crippen LogP contribution in [0.1, 0.15) is 28.6 Å². The smallest absolute Gasteiger partial charge is 0.271 e. The minimum absolute atomic E-state index is 0.169. The normalized spacial score (nSPS) is 10.8. The number of aryl methyl sites for hydroxylation is 1. The molecule has 0 bridgehead atoms. The molecule has 0 aliphatic heterocycles. The summed E-state index contributed by atoms with van der Waals surface area (Å²) < 4.78 is 6.71. The molecule has 0 unspecified atom stereocenters. The van der Waals surface area contributed by atoms with Crippen molar-refractivity contribution in [3.63, 3.8) is 0 Å². The average molecular weight is 440 g/mol. The molecule has 0 aliphatic rings. The van der Waals surface area contributed by atoms with Gasteiger partial charge in [-0.2, -0.15) is 5.10 Å². The third kappa shape index (κ3) is 4.95. The summed E-state index contributed by atoms with van der Waals surface area (Å²) in [5.41, 5.74) is 5.59. The molecule has 2 amide bonds. The van der Waals surface area contributed by atoms with Crippen LogP contribution in [-0.4, -0.2) is 18.0 Å². The monoisotopic (exact) mass is 439 g/mol. The molecule has 2 aromatic carbocycles. The van der Waals surface area contributed by atoms with Crippen LogP contribution in [-0.2, 0) is 4.79 Å². The molecule has 2 N–H and O–H groups in total. The van der Waals surface area contributed by atoms with Gasteiger partial charge in [0.05, 0.1) is 6.21 Å². The molecule has 0 saturated carbocycles. The van der Waals surface area contributed by atoms with Gasteiger partial charge in [-0.3, -0.25) is 9.59 Å². The SMILES string of the molecule is CC(=O)Nc1ccc(C(=O)NN=Cc2ccc(-c3ccc(C)cc3Br)o2)cc1. The lowest BCUT2D eigenvalue weighted by Crippen LogP contribution is -2.17. The van der Waals surface area contributed by atoms with Gasteiger partial charge in [0, 0.05) is 28.2 Å². The van der Waals surface area contributed by atoms with E-state index in [1.807, 2.05) is 31.2 Å². The number of amides is 2. The molecule has 0 aliphatic carbocycles. The van der Waals surface area contributed by atoms with E-state index in [1.54, 1.807) is 30.3 Å². The number of carbonyl (C=O) groups excluding carboxylic acids is 2. The molecular formula is C21H18BrN3O3. The highest BCUT2D eigenvalue weighted by atomic mass is 79.9. The third-order valence-corrected chi connectivity index (χ3v) is 4.50. The van der Waals surface area contributed by atoms with E-state index in [1.165, 1.54) is 13.1 Å². The zero-order valence-electron chi connectivity index (χ0n) is 15.3. The fourth-order valence-electron chi connectivity index (χ4n) is 2.51. The van der Waals surface area contributed by atoms with Crippen molar-refractivity contribution in [2.45, 2.75) is 13.8 Å². The van der Waals surface area contributed by atoms with Gasteiger partial charge >= 0.3 is 0 Å². The molecule has 0 fully saturated rings. The van der Waals surface area contributed by atoms with Gasteiger partial charge in [0.25, 0.3) is 5.91 Å². The number of anilines is 1. The molecule has 0 radical (unpaired) electrons. The Kier molecular flexibility index (Phi) is 6.06. The number of rotatable bonds is 5. The van der Waals surface area contributed by atoms with E-state index in [2.05, 4.69) is 31.8 Å². The number of benzene rings is 2. The number of hydrogen-bond donors (Lipinski definition) is 2. The minimum atomic E-state index is -0.362. The van der Waals surface area contributed by atoms with E-state index in [-0.39, 0.29) is 11.8 Å². The van der Waals surface area contributed by atoms with Gasteiger partial charge in [0.1, 0.15) is 11.5 Å². The van der Waals surface area contributed by atoms with Crippen molar-refractivity contribution in [1.82, 2.24) is 5.43 Å². The van der Waals surface area contributed by atoms with E-state index < -0.39 is 0 Å². The first kappa shape index (κ1) is 19.6. The number of furan rings is 1. The van der Waals surface area contributed by atoms with Crippen LogP contribution in [0.15, 0.2) is 68.6 Å². The summed E-state index contributed by atoms with van der Waals surface area (Å²) in [4.78, 5) is 23.1. The Morgan fingerprint density at radius 1 is 1.07 bits per heavy atom. The van der Waals surface area contributed by atoms with Crippen molar-refractivity contribution in [1.29, 1.82) is 0 Å². The van der Waals surface area contributed by atoms with Gasteiger partial charge in [-0.15, -0.1) is 0 Å². The summed E-state index contributed by atoms with van der Waals surface area (Å²) in [6, 6.07) is 16.1. The van der Waals surface area contributed by atoms with Crippen molar-refractivity contribution in [3.8, 4) is 11.3 Å². The van der Waals surface area contributed by atoms with E-state index in [0.29, 0.717) is 22.8 Å². The van der Waals surface area contributed by atoms with Crippen LogP contribution in [0, 0.1) is 6.92 Å². The third-order valence-electron chi connectivity index (χ3n) is 3.84. The maximum Gasteiger partial charge on any atom is 0.271 e. The van der Waals surface area contributed by atoms with Crippen molar-refractivity contribution in [2.24, 2.45) is 5.10 Å². The van der Waals surface area contributed by atoms with Gasteiger partial charge in [-0.05, 0) is 61.0 Å². The van der Waals surface area contributed by atoms with Crippen LogP contribution in [0.25, 0.3) is 11.3 Å². The Hall–Kier alpha value is -3.19. The molecule has 1 heterocycles. The Morgan fingerprint density at radius 3 is 2.50 bits per heavy atom.